The molecule has 1 heterocycles. The summed E-state index contributed by atoms with van der Waals surface area (Å²) < 4.78 is 4.42. The molecule has 1 rings (SSSR count). The van der Waals surface area contributed by atoms with Crippen LogP contribution in [0, 0.1) is 0 Å². The number of nitrogens with zero attached hydrogens (tertiary/aromatic N) is 1. The molecule has 0 atom stereocenters. The second-order valence-corrected chi connectivity index (χ2v) is 1.48. The van der Waals surface area contributed by atoms with Crippen LogP contribution < -0.4 is 0 Å². The van der Waals surface area contributed by atoms with Gasteiger partial charge in [0.05, 0.1) is 11.8 Å². The van der Waals surface area contributed by atoms with Gasteiger partial charge in [-0.3, -0.25) is 4.79 Å². The molecule has 0 aliphatic heterocycles. The molecule has 3 heteroatoms. The first-order chi connectivity index (χ1) is 4.34. The number of aromatic nitrogens is 1. The van der Waals surface area contributed by atoms with Gasteiger partial charge < -0.3 is 4.52 Å². The van der Waals surface area contributed by atoms with E-state index in [4.69, 9.17) is 0 Å². The Morgan fingerprint density at radius 3 is 3.11 bits per heavy atom. The second kappa shape index (κ2) is 2.26. The summed E-state index contributed by atoms with van der Waals surface area (Å²) in [4.78, 5) is 10.7. The minimum absolute atomic E-state index is 0.170. The van der Waals surface area contributed by atoms with Crippen molar-refractivity contribution in [2.75, 3.05) is 0 Å². The summed E-state index contributed by atoms with van der Waals surface area (Å²) in [5, 5.41) is 3.35. The highest BCUT2D eigenvalue weighted by Gasteiger charge is 2.00. The highest BCUT2D eigenvalue weighted by Crippen LogP contribution is 1.97. The van der Waals surface area contributed by atoms with Gasteiger partial charge in [-0.1, -0.05) is 11.7 Å². The zero-order valence-corrected chi connectivity index (χ0v) is 4.70. The van der Waals surface area contributed by atoms with Crippen LogP contribution in [0.25, 0.3) is 0 Å². The molecule has 0 aliphatic rings. The largest absolute Gasteiger partial charge is 0.364 e. The minimum atomic E-state index is -0.170. The van der Waals surface area contributed by atoms with Gasteiger partial charge in [0.25, 0.3) is 0 Å². The van der Waals surface area contributed by atoms with E-state index in [1.54, 1.807) is 0 Å². The number of rotatable bonds is 2. The number of carbonyl (C=O) groups excluding carboxylic acids is 1. The minimum Gasteiger partial charge on any atom is -0.364 e. The molecular formula is C6H5NO2. The van der Waals surface area contributed by atoms with Gasteiger partial charge in [-0.2, -0.15) is 0 Å². The van der Waals surface area contributed by atoms with Gasteiger partial charge >= 0.3 is 0 Å². The Bertz CT molecular complexity index is 213. The molecule has 0 aromatic carbocycles. The van der Waals surface area contributed by atoms with E-state index >= 15 is 0 Å². The molecule has 0 fully saturated rings. The van der Waals surface area contributed by atoms with Crippen molar-refractivity contribution in [3.8, 4) is 0 Å². The number of hydrogen-bond acceptors (Lipinski definition) is 3. The molecule has 0 spiro atoms. The maximum Gasteiger partial charge on any atom is 0.190 e. The molecule has 0 unspecified atom stereocenters. The van der Waals surface area contributed by atoms with Gasteiger partial charge in [0, 0.05) is 0 Å². The Kier molecular flexibility index (Phi) is 1.44. The molecular weight excluding hydrogens is 118 g/mol. The maximum atomic E-state index is 10.7. The van der Waals surface area contributed by atoms with Crippen LogP contribution in [-0.2, 0) is 0 Å². The van der Waals surface area contributed by atoms with Crippen molar-refractivity contribution in [1.29, 1.82) is 0 Å². The maximum absolute atomic E-state index is 10.7. The Morgan fingerprint density at radius 1 is 1.89 bits per heavy atom. The third kappa shape index (κ3) is 1.05. The summed E-state index contributed by atoms with van der Waals surface area (Å²) in [7, 11) is 0. The highest BCUT2D eigenvalue weighted by molar-refractivity contribution is 6.03. The van der Waals surface area contributed by atoms with Crippen LogP contribution in [0.3, 0.4) is 0 Å². The van der Waals surface area contributed by atoms with E-state index in [2.05, 4.69) is 16.3 Å². The molecule has 1 aromatic heterocycles. The van der Waals surface area contributed by atoms with Crippen LogP contribution >= 0.6 is 0 Å². The van der Waals surface area contributed by atoms with Crippen LogP contribution in [-0.4, -0.2) is 10.9 Å². The quantitative estimate of drug-likeness (QED) is 0.436. The first kappa shape index (κ1) is 5.75. The molecule has 0 saturated heterocycles. The van der Waals surface area contributed by atoms with E-state index in [0.717, 1.165) is 0 Å². The zero-order valence-electron chi connectivity index (χ0n) is 4.70. The molecule has 1 aromatic rings. The molecule has 0 bridgehead atoms. The van der Waals surface area contributed by atoms with Crippen molar-refractivity contribution in [3.63, 3.8) is 0 Å². The summed E-state index contributed by atoms with van der Waals surface area (Å²) in [5.74, 6) is -0.170. The van der Waals surface area contributed by atoms with Crippen LogP contribution in [0.5, 0.6) is 0 Å². The van der Waals surface area contributed by atoms with Crippen molar-refractivity contribution < 1.29 is 9.32 Å². The van der Waals surface area contributed by atoms with Gasteiger partial charge in [0.1, 0.15) is 6.26 Å². The lowest BCUT2D eigenvalue weighted by Crippen LogP contribution is -1.88. The number of carbonyl (C=O) groups is 1. The van der Waals surface area contributed by atoms with E-state index in [-0.39, 0.29) is 5.78 Å². The molecule has 0 aliphatic carbocycles. The fourth-order valence-corrected chi connectivity index (χ4v) is 0.444. The van der Waals surface area contributed by atoms with Gasteiger partial charge in [-0.05, 0) is 6.08 Å². The first-order valence-electron chi connectivity index (χ1n) is 2.40. The Morgan fingerprint density at radius 2 is 2.67 bits per heavy atom. The Balaban J connectivity index is 2.89. The van der Waals surface area contributed by atoms with Gasteiger partial charge in [-0.15, -0.1) is 0 Å². The van der Waals surface area contributed by atoms with Crippen LogP contribution in [0.2, 0.25) is 0 Å². The van der Waals surface area contributed by atoms with Crippen molar-refractivity contribution in [1.82, 2.24) is 5.16 Å². The number of allylic oxidation sites excluding steroid dienone is 1. The normalized spacial score (nSPS) is 8.89. The first-order valence-corrected chi connectivity index (χ1v) is 2.40. The third-order valence-corrected chi connectivity index (χ3v) is 0.902. The predicted molar refractivity (Wildman–Crippen MR) is 31.0 cm³/mol. The van der Waals surface area contributed by atoms with Gasteiger partial charge in [-0.25, -0.2) is 0 Å². The van der Waals surface area contributed by atoms with Crippen molar-refractivity contribution in [3.05, 3.63) is 30.7 Å². The number of hydrogen-bond donors (Lipinski definition) is 0. The molecule has 9 heavy (non-hydrogen) atoms. The fourth-order valence-electron chi connectivity index (χ4n) is 0.444. The number of ketones is 1. The summed E-state index contributed by atoms with van der Waals surface area (Å²) >= 11 is 0. The zero-order chi connectivity index (χ0) is 6.69. The van der Waals surface area contributed by atoms with Crippen molar-refractivity contribution in [2.45, 2.75) is 0 Å². The highest BCUT2D eigenvalue weighted by atomic mass is 16.5. The van der Waals surface area contributed by atoms with Crippen LogP contribution in [0.4, 0.5) is 0 Å². The summed E-state index contributed by atoms with van der Waals surface area (Å²) in [5.41, 5.74) is 0.435. The summed E-state index contributed by atoms with van der Waals surface area (Å²) in [6.45, 7) is 3.30. The smallest absolute Gasteiger partial charge is 0.190 e. The lowest BCUT2D eigenvalue weighted by Gasteiger charge is -1.79. The van der Waals surface area contributed by atoms with E-state index in [1.165, 1.54) is 18.5 Å². The molecule has 46 valence electrons. The van der Waals surface area contributed by atoms with Crippen molar-refractivity contribution >= 4 is 5.78 Å². The molecule has 0 N–H and O–H groups in total. The average Bonchev–Trinajstić information content (AvgIpc) is 2.37. The van der Waals surface area contributed by atoms with E-state index in [9.17, 15) is 4.79 Å². The predicted octanol–water partition coefficient (Wildman–Crippen LogP) is 1.04. The monoisotopic (exact) mass is 123 g/mol. The molecule has 0 amide bonds. The van der Waals surface area contributed by atoms with Gasteiger partial charge in [0.2, 0.25) is 0 Å². The van der Waals surface area contributed by atoms with E-state index in [0.29, 0.717) is 5.56 Å². The van der Waals surface area contributed by atoms with Crippen molar-refractivity contribution in [2.24, 2.45) is 0 Å². The van der Waals surface area contributed by atoms with E-state index < -0.39 is 0 Å². The SMILES string of the molecule is C=CC(=O)c1cnoc1. The molecule has 0 radical (unpaired) electrons. The second-order valence-electron chi connectivity index (χ2n) is 1.48. The Hall–Kier alpha value is -1.38. The third-order valence-electron chi connectivity index (χ3n) is 0.902. The Labute approximate surface area is 52.0 Å². The summed E-state index contributed by atoms with van der Waals surface area (Å²) in [6.07, 6.45) is 3.85. The standard InChI is InChI=1S/C6H5NO2/c1-2-6(8)5-3-7-9-4-5/h2-4H,1H2. The average molecular weight is 123 g/mol. The summed E-state index contributed by atoms with van der Waals surface area (Å²) in [6, 6.07) is 0. The molecule has 0 saturated carbocycles. The van der Waals surface area contributed by atoms with Crippen LogP contribution in [0.15, 0.2) is 29.6 Å². The molecule has 3 nitrogen and oxygen atoms in total. The lowest BCUT2D eigenvalue weighted by atomic mass is 10.2. The lowest BCUT2D eigenvalue weighted by molar-refractivity contribution is 0.104. The topological polar surface area (TPSA) is 43.1 Å². The fraction of sp³-hybridized carbons (Fsp3) is 0. The van der Waals surface area contributed by atoms with Crippen LogP contribution in [0.1, 0.15) is 10.4 Å². The van der Waals surface area contributed by atoms with Gasteiger partial charge in [0.15, 0.2) is 5.78 Å². The van der Waals surface area contributed by atoms with E-state index in [1.807, 2.05) is 0 Å².